The summed E-state index contributed by atoms with van der Waals surface area (Å²) in [7, 11) is 0. The van der Waals surface area contributed by atoms with Crippen molar-refractivity contribution in [2.24, 2.45) is 5.73 Å². The van der Waals surface area contributed by atoms with Crippen molar-refractivity contribution < 1.29 is 9.18 Å². The average Bonchev–Trinajstić information content (AvgIpc) is 3.09. The van der Waals surface area contributed by atoms with Crippen LogP contribution >= 0.6 is 11.6 Å². The van der Waals surface area contributed by atoms with Gasteiger partial charge in [0.25, 0.3) is 5.91 Å². The van der Waals surface area contributed by atoms with Crippen molar-refractivity contribution in [1.82, 2.24) is 15.3 Å². The third kappa shape index (κ3) is 3.20. The summed E-state index contributed by atoms with van der Waals surface area (Å²) in [5.41, 5.74) is 6.73. The molecule has 1 aliphatic heterocycles. The molecular formula is C19H17ClFN5O. The molecule has 1 fully saturated rings. The van der Waals surface area contributed by atoms with Crippen LogP contribution in [0.25, 0.3) is 10.9 Å². The van der Waals surface area contributed by atoms with Crippen LogP contribution in [-0.4, -0.2) is 35.0 Å². The molecule has 0 saturated carbocycles. The standard InChI is InChI=1S/C19H17ClFN5O/c20-13-5-2-6-14(21)16(13)12-7-23-8-15(12)26-19-11-4-1-3-10(18(22)27)17(11)24-9-25-19/h1-6,9,12,15,23H,7-8H2,(H2,22,27)(H,24,25,26). The van der Waals surface area contributed by atoms with Gasteiger partial charge in [0, 0.05) is 41.0 Å². The molecule has 4 N–H and O–H groups in total. The molecule has 0 aliphatic carbocycles. The van der Waals surface area contributed by atoms with Gasteiger partial charge in [0.2, 0.25) is 0 Å². The summed E-state index contributed by atoms with van der Waals surface area (Å²) in [5, 5.41) is 7.71. The average molecular weight is 386 g/mol. The van der Waals surface area contributed by atoms with Gasteiger partial charge in [-0.1, -0.05) is 23.7 Å². The Hall–Kier alpha value is -2.77. The highest BCUT2D eigenvalue weighted by molar-refractivity contribution is 6.31. The third-order valence-corrected chi connectivity index (χ3v) is 5.17. The Balaban J connectivity index is 1.72. The van der Waals surface area contributed by atoms with Crippen LogP contribution in [0.2, 0.25) is 5.02 Å². The molecule has 27 heavy (non-hydrogen) atoms. The van der Waals surface area contributed by atoms with E-state index in [9.17, 15) is 9.18 Å². The van der Waals surface area contributed by atoms with Crippen LogP contribution in [0, 0.1) is 5.82 Å². The molecule has 8 heteroatoms. The second kappa shape index (κ2) is 7.09. The maximum atomic E-state index is 14.4. The first-order valence-corrected chi connectivity index (χ1v) is 8.88. The van der Waals surface area contributed by atoms with Crippen molar-refractivity contribution in [3.05, 3.63) is 64.7 Å². The smallest absolute Gasteiger partial charge is 0.250 e. The van der Waals surface area contributed by atoms with Crippen LogP contribution in [0.1, 0.15) is 21.8 Å². The Morgan fingerprint density at radius 2 is 2.04 bits per heavy atom. The first-order chi connectivity index (χ1) is 13.1. The van der Waals surface area contributed by atoms with Gasteiger partial charge in [-0.05, 0) is 24.3 Å². The van der Waals surface area contributed by atoms with E-state index >= 15 is 0 Å². The van der Waals surface area contributed by atoms with Crippen molar-refractivity contribution >= 4 is 34.2 Å². The molecule has 4 rings (SSSR count). The van der Waals surface area contributed by atoms with Crippen molar-refractivity contribution in [3.63, 3.8) is 0 Å². The summed E-state index contributed by atoms with van der Waals surface area (Å²) in [6, 6.07) is 9.74. The highest BCUT2D eigenvalue weighted by atomic mass is 35.5. The number of primary amides is 1. The lowest BCUT2D eigenvalue weighted by atomic mass is 9.93. The number of fused-ring (bicyclic) bond motifs is 1. The molecule has 2 heterocycles. The van der Waals surface area contributed by atoms with Crippen LogP contribution in [0.4, 0.5) is 10.2 Å². The third-order valence-electron chi connectivity index (χ3n) is 4.84. The van der Waals surface area contributed by atoms with E-state index in [1.807, 2.05) is 6.07 Å². The fraction of sp³-hybridized carbons (Fsp3) is 0.211. The molecule has 3 aromatic rings. The van der Waals surface area contributed by atoms with E-state index in [4.69, 9.17) is 17.3 Å². The normalized spacial score (nSPS) is 19.3. The van der Waals surface area contributed by atoms with E-state index in [-0.39, 0.29) is 17.8 Å². The minimum absolute atomic E-state index is 0.130. The summed E-state index contributed by atoms with van der Waals surface area (Å²) in [6.07, 6.45) is 1.38. The SMILES string of the molecule is NC(=O)c1cccc2c(NC3CNCC3c3c(F)cccc3Cl)ncnc12. The van der Waals surface area contributed by atoms with Crippen LogP contribution in [0.5, 0.6) is 0 Å². The Kier molecular flexibility index (Phi) is 4.63. The van der Waals surface area contributed by atoms with Crippen LogP contribution in [0.3, 0.4) is 0 Å². The van der Waals surface area contributed by atoms with E-state index in [0.29, 0.717) is 46.0 Å². The quantitative estimate of drug-likeness (QED) is 0.642. The Morgan fingerprint density at radius 1 is 1.22 bits per heavy atom. The number of carbonyl (C=O) groups excluding carboxylic acids is 1. The van der Waals surface area contributed by atoms with E-state index in [1.165, 1.54) is 12.4 Å². The molecule has 2 atom stereocenters. The highest BCUT2D eigenvalue weighted by Crippen LogP contribution is 2.33. The number of anilines is 1. The van der Waals surface area contributed by atoms with Gasteiger partial charge < -0.3 is 16.4 Å². The number of carbonyl (C=O) groups is 1. The first kappa shape index (κ1) is 17.6. The fourth-order valence-corrected chi connectivity index (χ4v) is 3.88. The zero-order chi connectivity index (χ0) is 19.0. The van der Waals surface area contributed by atoms with Crippen molar-refractivity contribution in [3.8, 4) is 0 Å². The van der Waals surface area contributed by atoms with Crippen molar-refractivity contribution in [1.29, 1.82) is 0 Å². The lowest BCUT2D eigenvalue weighted by molar-refractivity contribution is 0.100. The van der Waals surface area contributed by atoms with Gasteiger partial charge in [0.05, 0.1) is 11.1 Å². The summed E-state index contributed by atoms with van der Waals surface area (Å²) in [6.45, 7) is 1.21. The molecule has 138 valence electrons. The summed E-state index contributed by atoms with van der Waals surface area (Å²) in [4.78, 5) is 20.2. The molecule has 1 saturated heterocycles. The van der Waals surface area contributed by atoms with E-state index in [1.54, 1.807) is 24.3 Å². The minimum atomic E-state index is -0.552. The lowest BCUT2D eigenvalue weighted by Crippen LogP contribution is -2.28. The summed E-state index contributed by atoms with van der Waals surface area (Å²) in [5.74, 6) is -0.479. The molecule has 0 spiro atoms. The molecule has 2 unspecified atom stereocenters. The zero-order valence-corrected chi connectivity index (χ0v) is 15.0. The summed E-state index contributed by atoms with van der Waals surface area (Å²) >= 11 is 6.26. The number of benzene rings is 2. The number of nitrogens with one attached hydrogen (secondary N) is 2. The summed E-state index contributed by atoms with van der Waals surface area (Å²) < 4.78 is 14.4. The van der Waals surface area contributed by atoms with Gasteiger partial charge in [-0.25, -0.2) is 14.4 Å². The molecule has 1 aromatic heterocycles. The minimum Gasteiger partial charge on any atom is -0.366 e. The topological polar surface area (TPSA) is 92.9 Å². The number of amides is 1. The predicted octanol–water partition coefficient (Wildman–Crippen LogP) is 2.69. The van der Waals surface area contributed by atoms with E-state index in [2.05, 4.69) is 20.6 Å². The molecule has 6 nitrogen and oxygen atoms in total. The van der Waals surface area contributed by atoms with E-state index in [0.717, 1.165) is 0 Å². The zero-order valence-electron chi connectivity index (χ0n) is 14.2. The lowest BCUT2D eigenvalue weighted by Gasteiger charge is -2.23. The second-order valence-electron chi connectivity index (χ2n) is 6.44. The molecule has 1 aliphatic rings. The monoisotopic (exact) mass is 385 g/mol. The van der Waals surface area contributed by atoms with Gasteiger partial charge in [0.15, 0.2) is 0 Å². The maximum absolute atomic E-state index is 14.4. The highest BCUT2D eigenvalue weighted by Gasteiger charge is 2.32. The van der Waals surface area contributed by atoms with Crippen LogP contribution < -0.4 is 16.4 Å². The first-order valence-electron chi connectivity index (χ1n) is 8.51. The van der Waals surface area contributed by atoms with Crippen molar-refractivity contribution in [2.45, 2.75) is 12.0 Å². The molecule has 1 amide bonds. The molecule has 0 radical (unpaired) electrons. The van der Waals surface area contributed by atoms with Gasteiger partial charge in [-0.3, -0.25) is 4.79 Å². The molecule has 0 bridgehead atoms. The second-order valence-corrected chi connectivity index (χ2v) is 6.85. The van der Waals surface area contributed by atoms with Gasteiger partial charge in [0.1, 0.15) is 18.0 Å². The number of halogens is 2. The number of nitrogens with zero attached hydrogens (tertiary/aromatic N) is 2. The largest absolute Gasteiger partial charge is 0.366 e. The maximum Gasteiger partial charge on any atom is 0.250 e. The number of rotatable bonds is 4. The Labute approximate surface area is 159 Å². The number of hydrogen-bond acceptors (Lipinski definition) is 5. The van der Waals surface area contributed by atoms with Crippen LogP contribution in [0.15, 0.2) is 42.7 Å². The Bertz CT molecular complexity index is 1010. The number of hydrogen-bond donors (Lipinski definition) is 3. The molecular weight excluding hydrogens is 369 g/mol. The van der Waals surface area contributed by atoms with Crippen molar-refractivity contribution in [2.75, 3.05) is 18.4 Å². The van der Waals surface area contributed by atoms with E-state index < -0.39 is 5.91 Å². The fourth-order valence-electron chi connectivity index (χ4n) is 3.58. The number of aromatic nitrogens is 2. The van der Waals surface area contributed by atoms with Crippen LogP contribution in [-0.2, 0) is 0 Å². The van der Waals surface area contributed by atoms with Gasteiger partial charge >= 0.3 is 0 Å². The molecule has 2 aromatic carbocycles. The number of para-hydroxylation sites is 1. The predicted molar refractivity (Wildman–Crippen MR) is 102 cm³/mol. The van der Waals surface area contributed by atoms with Gasteiger partial charge in [-0.15, -0.1) is 0 Å². The van der Waals surface area contributed by atoms with Gasteiger partial charge in [-0.2, -0.15) is 0 Å². The Morgan fingerprint density at radius 3 is 2.81 bits per heavy atom. The number of nitrogens with two attached hydrogens (primary N) is 1.